The van der Waals surface area contributed by atoms with E-state index in [1.807, 2.05) is 6.07 Å². The summed E-state index contributed by atoms with van der Waals surface area (Å²) in [6.07, 6.45) is 6.34. The number of pyridine rings is 1. The number of anilines is 2. The maximum absolute atomic E-state index is 13.8. The normalized spacial score (nSPS) is 17.5. The molecule has 1 saturated carbocycles. The minimum absolute atomic E-state index is 0.00197. The minimum atomic E-state index is -1.17. The number of aromatic carboxylic acids is 1. The molecule has 0 saturated heterocycles. The zero-order valence-corrected chi connectivity index (χ0v) is 22.5. The van der Waals surface area contributed by atoms with Crippen LogP contribution in [-0.2, 0) is 22.6 Å². The van der Waals surface area contributed by atoms with E-state index in [0.29, 0.717) is 22.0 Å². The molecule has 0 spiro atoms. The lowest BCUT2D eigenvalue weighted by atomic mass is 9.88. The van der Waals surface area contributed by atoms with Crippen LogP contribution in [0, 0.1) is 5.92 Å². The Labute approximate surface area is 236 Å². The number of benzene rings is 2. The van der Waals surface area contributed by atoms with Gasteiger partial charge in [-0.15, -0.1) is 0 Å². The summed E-state index contributed by atoms with van der Waals surface area (Å²) < 4.78 is 0. The van der Waals surface area contributed by atoms with Crippen molar-refractivity contribution in [3.63, 3.8) is 0 Å². The number of hydrogen-bond donors (Lipinski definition) is 3. The number of halogens is 1. The molecule has 1 aliphatic heterocycles. The molecule has 10 heteroatoms. The van der Waals surface area contributed by atoms with Gasteiger partial charge in [0.15, 0.2) is 0 Å². The van der Waals surface area contributed by atoms with Crippen molar-refractivity contribution in [2.75, 3.05) is 10.6 Å². The van der Waals surface area contributed by atoms with Gasteiger partial charge < -0.3 is 20.6 Å². The summed E-state index contributed by atoms with van der Waals surface area (Å²) >= 11 is 6.14. The van der Waals surface area contributed by atoms with Gasteiger partial charge in [0.2, 0.25) is 11.8 Å². The standard InChI is InChI=1S/C30H29ClN4O5/c31-20-10-12-22-25(15-20)34-28(37)26(16-21-8-4-5-13-32-21)35(29(22)38)17-18-9-11-23(30(39)40)24(14-18)33-27(36)19-6-2-1-3-7-19/h4-5,8-15,19,26H,1-3,6-7,16-17H2,(H,33,36)(H,34,37)(H,39,40). The van der Waals surface area contributed by atoms with Gasteiger partial charge in [0.25, 0.3) is 5.91 Å². The van der Waals surface area contributed by atoms with Gasteiger partial charge in [-0.05, 0) is 60.9 Å². The summed E-state index contributed by atoms with van der Waals surface area (Å²) in [6.45, 7) is -0.00197. The van der Waals surface area contributed by atoms with Crippen LogP contribution in [0.4, 0.5) is 11.4 Å². The molecule has 5 rings (SSSR count). The monoisotopic (exact) mass is 560 g/mol. The van der Waals surface area contributed by atoms with E-state index in [1.165, 1.54) is 17.0 Å². The Kier molecular flexibility index (Phi) is 8.11. The molecule has 2 heterocycles. The van der Waals surface area contributed by atoms with Crippen molar-refractivity contribution in [1.29, 1.82) is 0 Å². The van der Waals surface area contributed by atoms with Crippen molar-refractivity contribution < 1.29 is 24.3 Å². The fraction of sp³-hybridized carbons (Fsp3) is 0.300. The smallest absolute Gasteiger partial charge is 0.337 e. The number of carboxylic acid groups (broad SMARTS) is 1. The minimum Gasteiger partial charge on any atom is -0.478 e. The van der Waals surface area contributed by atoms with Crippen LogP contribution in [0.2, 0.25) is 5.02 Å². The van der Waals surface area contributed by atoms with Crippen LogP contribution >= 0.6 is 11.6 Å². The number of rotatable bonds is 7. The van der Waals surface area contributed by atoms with E-state index in [4.69, 9.17) is 11.6 Å². The molecular weight excluding hydrogens is 532 g/mol. The van der Waals surface area contributed by atoms with Crippen LogP contribution < -0.4 is 10.6 Å². The van der Waals surface area contributed by atoms with E-state index in [0.717, 1.165) is 32.1 Å². The van der Waals surface area contributed by atoms with Crippen LogP contribution in [0.1, 0.15) is 64.1 Å². The molecule has 3 N–H and O–H groups in total. The van der Waals surface area contributed by atoms with Gasteiger partial charge in [0, 0.05) is 35.8 Å². The van der Waals surface area contributed by atoms with Gasteiger partial charge in [-0.1, -0.05) is 43.0 Å². The van der Waals surface area contributed by atoms with E-state index >= 15 is 0 Å². The first-order valence-corrected chi connectivity index (χ1v) is 13.7. The highest BCUT2D eigenvalue weighted by molar-refractivity contribution is 6.31. The molecule has 1 aliphatic carbocycles. The lowest BCUT2D eigenvalue weighted by Crippen LogP contribution is -2.46. The average molecular weight is 561 g/mol. The number of carboxylic acids is 1. The average Bonchev–Trinajstić information content (AvgIpc) is 3.04. The maximum Gasteiger partial charge on any atom is 0.337 e. The molecule has 1 atom stereocenters. The second-order valence-electron chi connectivity index (χ2n) is 10.2. The number of carbonyl (C=O) groups is 4. The first-order valence-electron chi connectivity index (χ1n) is 13.3. The van der Waals surface area contributed by atoms with E-state index in [9.17, 15) is 24.3 Å². The predicted molar refractivity (Wildman–Crippen MR) is 150 cm³/mol. The van der Waals surface area contributed by atoms with E-state index in [2.05, 4.69) is 15.6 Å². The van der Waals surface area contributed by atoms with Crippen molar-refractivity contribution in [2.45, 2.75) is 51.1 Å². The number of fused-ring (bicyclic) bond motifs is 1. The molecule has 3 aromatic rings. The summed E-state index contributed by atoms with van der Waals surface area (Å²) in [7, 11) is 0. The Morgan fingerprint density at radius 1 is 1.05 bits per heavy atom. The molecular formula is C30H29ClN4O5. The van der Waals surface area contributed by atoms with Gasteiger partial charge in [-0.3, -0.25) is 19.4 Å². The molecule has 1 aromatic heterocycles. The Hall–Kier alpha value is -4.24. The van der Waals surface area contributed by atoms with Crippen LogP contribution in [0.25, 0.3) is 0 Å². The van der Waals surface area contributed by atoms with Crippen molar-refractivity contribution >= 4 is 46.7 Å². The van der Waals surface area contributed by atoms with Crippen LogP contribution in [0.15, 0.2) is 60.8 Å². The summed E-state index contributed by atoms with van der Waals surface area (Å²) in [6, 6.07) is 13.7. The quantitative estimate of drug-likeness (QED) is 0.366. The highest BCUT2D eigenvalue weighted by Crippen LogP contribution is 2.30. The second-order valence-corrected chi connectivity index (χ2v) is 10.6. The number of nitrogens with zero attached hydrogens (tertiary/aromatic N) is 2. The van der Waals surface area contributed by atoms with E-state index in [-0.39, 0.29) is 47.5 Å². The molecule has 9 nitrogen and oxygen atoms in total. The fourth-order valence-corrected chi connectivity index (χ4v) is 5.51. The summed E-state index contributed by atoms with van der Waals surface area (Å²) in [5.74, 6) is -2.33. The van der Waals surface area contributed by atoms with Crippen molar-refractivity contribution in [3.8, 4) is 0 Å². The second kappa shape index (κ2) is 11.9. The molecule has 1 unspecified atom stereocenters. The summed E-state index contributed by atoms with van der Waals surface area (Å²) in [5.41, 5.74) is 1.92. The van der Waals surface area contributed by atoms with Gasteiger partial charge in [-0.25, -0.2) is 4.79 Å². The number of aromatic nitrogens is 1. The first-order chi connectivity index (χ1) is 19.3. The Morgan fingerprint density at radius 3 is 2.58 bits per heavy atom. The lowest BCUT2D eigenvalue weighted by Gasteiger charge is -2.29. The molecule has 1 fully saturated rings. The molecule has 2 aromatic carbocycles. The number of hydrogen-bond acceptors (Lipinski definition) is 5. The van der Waals surface area contributed by atoms with Crippen LogP contribution in [-0.4, -0.2) is 44.7 Å². The molecule has 206 valence electrons. The Bertz CT molecular complexity index is 1460. The zero-order valence-electron chi connectivity index (χ0n) is 21.7. The summed E-state index contributed by atoms with van der Waals surface area (Å²) in [5, 5.41) is 15.8. The predicted octanol–water partition coefficient (Wildman–Crippen LogP) is 5.16. The van der Waals surface area contributed by atoms with Crippen LogP contribution in [0.3, 0.4) is 0 Å². The highest BCUT2D eigenvalue weighted by Gasteiger charge is 2.36. The zero-order chi connectivity index (χ0) is 28.2. The molecule has 3 amide bonds. The first kappa shape index (κ1) is 27.3. The van der Waals surface area contributed by atoms with E-state index < -0.39 is 17.9 Å². The highest BCUT2D eigenvalue weighted by atomic mass is 35.5. The fourth-order valence-electron chi connectivity index (χ4n) is 5.34. The Morgan fingerprint density at radius 2 is 1.85 bits per heavy atom. The Balaban J connectivity index is 1.49. The molecule has 0 radical (unpaired) electrons. The third-order valence-corrected chi connectivity index (χ3v) is 7.67. The molecule has 2 aliphatic rings. The molecule has 0 bridgehead atoms. The van der Waals surface area contributed by atoms with Crippen molar-refractivity contribution in [3.05, 3.63) is 88.2 Å². The lowest BCUT2D eigenvalue weighted by molar-refractivity contribution is -0.121. The molecule has 40 heavy (non-hydrogen) atoms. The van der Waals surface area contributed by atoms with Gasteiger partial charge in [-0.2, -0.15) is 0 Å². The van der Waals surface area contributed by atoms with Gasteiger partial charge in [0.1, 0.15) is 6.04 Å². The van der Waals surface area contributed by atoms with Crippen LogP contribution in [0.5, 0.6) is 0 Å². The topological polar surface area (TPSA) is 129 Å². The third-order valence-electron chi connectivity index (χ3n) is 7.44. The van der Waals surface area contributed by atoms with E-state index in [1.54, 1.807) is 42.6 Å². The van der Waals surface area contributed by atoms with Gasteiger partial charge >= 0.3 is 5.97 Å². The van der Waals surface area contributed by atoms with Crippen molar-refractivity contribution in [2.24, 2.45) is 5.92 Å². The number of nitrogens with one attached hydrogen (secondary N) is 2. The third kappa shape index (κ3) is 5.99. The largest absolute Gasteiger partial charge is 0.478 e. The van der Waals surface area contributed by atoms with Gasteiger partial charge in [0.05, 0.1) is 22.5 Å². The number of carbonyl (C=O) groups excluding carboxylic acids is 3. The number of amides is 3. The maximum atomic E-state index is 13.8. The van der Waals surface area contributed by atoms with Crippen molar-refractivity contribution in [1.82, 2.24) is 9.88 Å². The summed E-state index contributed by atoms with van der Waals surface area (Å²) in [4.78, 5) is 58.0. The SMILES string of the molecule is O=C(O)c1ccc(CN2C(=O)c3ccc(Cl)cc3NC(=O)C2Cc2ccccn2)cc1NC(=O)C1CCCCC1.